The van der Waals surface area contributed by atoms with Gasteiger partial charge >= 0.3 is 5.97 Å². The monoisotopic (exact) mass is 229 g/mol. The Labute approximate surface area is 99.9 Å². The molecule has 0 spiro atoms. The summed E-state index contributed by atoms with van der Waals surface area (Å²) in [6.45, 7) is 15.5. The smallest absolute Gasteiger partial charge is 0.320 e. The maximum Gasteiger partial charge on any atom is 0.320 e. The molecular formula is C13H27NO2. The van der Waals surface area contributed by atoms with Gasteiger partial charge in [-0.15, -0.1) is 0 Å². The minimum Gasteiger partial charge on any atom is -0.459 e. The van der Waals surface area contributed by atoms with Gasteiger partial charge in [0.15, 0.2) is 0 Å². The Bertz CT molecular complexity index is 227. The zero-order valence-corrected chi connectivity index (χ0v) is 11.8. The van der Waals surface area contributed by atoms with Gasteiger partial charge in [-0.25, -0.2) is 0 Å². The molecule has 0 saturated carbocycles. The Kier molecular flexibility index (Phi) is 5.47. The molecule has 0 bridgehead atoms. The van der Waals surface area contributed by atoms with E-state index in [2.05, 4.69) is 33.0 Å². The first-order valence-electron chi connectivity index (χ1n) is 5.97. The molecule has 0 aromatic heterocycles. The number of ether oxygens (including phenoxy) is 1. The predicted molar refractivity (Wildman–Crippen MR) is 67.3 cm³/mol. The minimum absolute atomic E-state index is 0.188. The van der Waals surface area contributed by atoms with Crippen molar-refractivity contribution in [3.05, 3.63) is 0 Å². The molecule has 0 amide bonds. The molecule has 0 fully saturated rings. The van der Waals surface area contributed by atoms with Gasteiger partial charge in [0.2, 0.25) is 0 Å². The normalized spacial score (nSPS) is 13.0. The number of carbonyl (C=O) groups is 1. The average Bonchev–Trinajstić information content (AvgIpc) is 1.99. The van der Waals surface area contributed by atoms with Crippen LogP contribution in [0.25, 0.3) is 0 Å². The lowest BCUT2D eigenvalue weighted by Crippen LogP contribution is -2.38. The van der Waals surface area contributed by atoms with Crippen molar-refractivity contribution in [2.45, 2.75) is 54.1 Å². The van der Waals surface area contributed by atoms with Gasteiger partial charge in [-0.05, 0) is 32.1 Å². The summed E-state index contributed by atoms with van der Waals surface area (Å²) >= 11 is 0. The van der Waals surface area contributed by atoms with Gasteiger partial charge < -0.3 is 10.1 Å². The molecule has 0 atom stereocenters. The van der Waals surface area contributed by atoms with Crippen LogP contribution in [0.3, 0.4) is 0 Å². The van der Waals surface area contributed by atoms with Gasteiger partial charge in [-0.1, -0.05) is 27.7 Å². The van der Waals surface area contributed by atoms with Gasteiger partial charge in [0.25, 0.3) is 0 Å². The second kappa shape index (κ2) is 5.67. The highest BCUT2D eigenvalue weighted by molar-refractivity contribution is 5.72. The molecule has 3 nitrogen and oxygen atoms in total. The van der Waals surface area contributed by atoms with Crippen LogP contribution in [0, 0.1) is 11.3 Å². The molecule has 1 N–H and O–H groups in total. The predicted octanol–water partition coefficient (Wildman–Crippen LogP) is 2.60. The molecule has 16 heavy (non-hydrogen) atoms. The second-order valence-corrected chi connectivity index (χ2v) is 6.33. The summed E-state index contributed by atoms with van der Waals surface area (Å²) < 4.78 is 5.21. The third-order valence-corrected chi connectivity index (χ3v) is 2.83. The second-order valence-electron chi connectivity index (χ2n) is 6.33. The third kappa shape index (κ3) is 6.83. The fraction of sp³-hybridized carbons (Fsp3) is 0.923. The SMILES string of the molecule is CC(C)C(C)(C)CNCC(=O)OC(C)(C)C. The van der Waals surface area contributed by atoms with Crippen molar-refractivity contribution in [1.82, 2.24) is 5.32 Å². The topological polar surface area (TPSA) is 38.3 Å². The lowest BCUT2D eigenvalue weighted by atomic mass is 9.81. The van der Waals surface area contributed by atoms with Crippen LogP contribution < -0.4 is 5.32 Å². The van der Waals surface area contributed by atoms with Gasteiger partial charge in [0.1, 0.15) is 5.60 Å². The van der Waals surface area contributed by atoms with Crippen LogP contribution in [-0.2, 0) is 9.53 Å². The molecule has 3 heteroatoms. The van der Waals surface area contributed by atoms with Gasteiger partial charge in [0.05, 0.1) is 6.54 Å². The van der Waals surface area contributed by atoms with E-state index in [9.17, 15) is 4.79 Å². The van der Waals surface area contributed by atoms with Crippen LogP contribution in [0.5, 0.6) is 0 Å². The summed E-state index contributed by atoms with van der Waals surface area (Å²) in [5, 5.41) is 3.15. The van der Waals surface area contributed by atoms with Gasteiger partial charge in [-0.3, -0.25) is 4.79 Å². The summed E-state index contributed by atoms with van der Waals surface area (Å²) in [7, 11) is 0. The van der Waals surface area contributed by atoms with E-state index in [4.69, 9.17) is 4.74 Å². The number of carbonyl (C=O) groups excluding carboxylic acids is 1. The zero-order valence-electron chi connectivity index (χ0n) is 11.8. The van der Waals surface area contributed by atoms with E-state index in [1.165, 1.54) is 0 Å². The molecule has 0 aromatic carbocycles. The van der Waals surface area contributed by atoms with E-state index < -0.39 is 5.60 Å². The molecule has 0 unspecified atom stereocenters. The quantitative estimate of drug-likeness (QED) is 0.736. The summed E-state index contributed by atoms with van der Waals surface area (Å²) in [5.74, 6) is 0.394. The molecule has 0 rings (SSSR count). The van der Waals surface area contributed by atoms with E-state index in [-0.39, 0.29) is 17.9 Å². The van der Waals surface area contributed by atoms with E-state index in [0.29, 0.717) is 5.92 Å². The van der Waals surface area contributed by atoms with Crippen molar-refractivity contribution in [2.75, 3.05) is 13.1 Å². The maximum atomic E-state index is 11.4. The Morgan fingerprint density at radius 3 is 2.06 bits per heavy atom. The molecule has 0 aliphatic rings. The van der Waals surface area contributed by atoms with Crippen LogP contribution in [0.1, 0.15) is 48.5 Å². The van der Waals surface area contributed by atoms with Crippen molar-refractivity contribution in [3.8, 4) is 0 Å². The average molecular weight is 229 g/mol. The Morgan fingerprint density at radius 1 is 1.19 bits per heavy atom. The standard InChI is InChI=1S/C13H27NO2/c1-10(2)13(6,7)9-14-8-11(15)16-12(3,4)5/h10,14H,8-9H2,1-7H3. The fourth-order valence-electron chi connectivity index (χ4n) is 1.07. The van der Waals surface area contributed by atoms with Gasteiger partial charge in [0, 0.05) is 6.54 Å². The fourth-order valence-corrected chi connectivity index (χ4v) is 1.07. The number of esters is 1. The lowest BCUT2D eigenvalue weighted by Gasteiger charge is -2.29. The third-order valence-electron chi connectivity index (χ3n) is 2.83. The summed E-state index contributed by atoms with van der Waals surface area (Å²) in [6, 6.07) is 0. The molecule has 0 aliphatic heterocycles. The Hall–Kier alpha value is -0.570. The largest absolute Gasteiger partial charge is 0.459 e. The highest BCUT2D eigenvalue weighted by Crippen LogP contribution is 2.24. The zero-order chi connectivity index (χ0) is 13.0. The van der Waals surface area contributed by atoms with Gasteiger partial charge in [-0.2, -0.15) is 0 Å². The molecule has 0 heterocycles. The van der Waals surface area contributed by atoms with E-state index >= 15 is 0 Å². The number of nitrogens with one attached hydrogen (secondary N) is 1. The van der Waals surface area contributed by atoms with Crippen molar-refractivity contribution >= 4 is 5.97 Å². The van der Waals surface area contributed by atoms with Crippen molar-refractivity contribution in [1.29, 1.82) is 0 Å². The molecule has 96 valence electrons. The maximum absolute atomic E-state index is 11.4. The number of hydrogen-bond acceptors (Lipinski definition) is 3. The molecule has 0 aliphatic carbocycles. The molecular weight excluding hydrogens is 202 g/mol. The summed E-state index contributed by atoms with van der Waals surface area (Å²) in [6.07, 6.45) is 0. The van der Waals surface area contributed by atoms with Crippen LogP contribution in [0.15, 0.2) is 0 Å². The van der Waals surface area contributed by atoms with Crippen LogP contribution in [0.4, 0.5) is 0 Å². The minimum atomic E-state index is -0.396. The van der Waals surface area contributed by atoms with Crippen molar-refractivity contribution in [3.63, 3.8) is 0 Å². The van der Waals surface area contributed by atoms with E-state index in [1.807, 2.05) is 20.8 Å². The molecule has 0 aromatic rings. The van der Waals surface area contributed by atoms with Crippen LogP contribution in [-0.4, -0.2) is 24.7 Å². The van der Waals surface area contributed by atoms with Crippen molar-refractivity contribution in [2.24, 2.45) is 11.3 Å². The van der Waals surface area contributed by atoms with E-state index in [0.717, 1.165) is 6.54 Å². The first-order chi connectivity index (χ1) is 7.04. The number of rotatable bonds is 5. The van der Waals surface area contributed by atoms with Crippen LogP contribution in [0.2, 0.25) is 0 Å². The lowest BCUT2D eigenvalue weighted by molar-refractivity contribution is -0.153. The van der Waals surface area contributed by atoms with Crippen molar-refractivity contribution < 1.29 is 9.53 Å². The highest BCUT2D eigenvalue weighted by atomic mass is 16.6. The first kappa shape index (κ1) is 15.4. The molecule has 0 saturated heterocycles. The highest BCUT2D eigenvalue weighted by Gasteiger charge is 2.22. The Morgan fingerprint density at radius 2 is 1.69 bits per heavy atom. The Balaban J connectivity index is 3.87. The van der Waals surface area contributed by atoms with E-state index in [1.54, 1.807) is 0 Å². The first-order valence-corrected chi connectivity index (χ1v) is 5.97. The van der Waals surface area contributed by atoms with Crippen LogP contribution >= 0.6 is 0 Å². The summed E-state index contributed by atoms with van der Waals surface area (Å²) in [4.78, 5) is 11.4. The number of hydrogen-bond donors (Lipinski definition) is 1. The molecule has 0 radical (unpaired) electrons. The summed E-state index contributed by atoms with van der Waals surface area (Å²) in [5.41, 5.74) is -0.200.